The number of carbonyl (C=O) groups is 1. The van der Waals surface area contributed by atoms with Gasteiger partial charge in [0.25, 0.3) is 5.56 Å². The molecule has 3 aromatic rings. The number of nitrogens with zero attached hydrogens (tertiary/aromatic N) is 4. The fraction of sp³-hybridized carbons (Fsp3) is 0.318. The van der Waals surface area contributed by atoms with E-state index in [1.807, 2.05) is 11.9 Å². The SMILES string of the molecule is CN1CCN(c2ccc(NC(=O)Cn3cnc4ccc(F)cc4c3=O)c(C(F)(F)F)c2)CC1. The van der Waals surface area contributed by atoms with Crippen LogP contribution in [-0.4, -0.2) is 53.6 Å². The highest BCUT2D eigenvalue weighted by Gasteiger charge is 2.35. The fourth-order valence-corrected chi connectivity index (χ4v) is 3.73. The molecule has 0 spiro atoms. The summed E-state index contributed by atoms with van der Waals surface area (Å²) in [6, 6.07) is 7.24. The predicted molar refractivity (Wildman–Crippen MR) is 116 cm³/mol. The molecule has 2 aromatic carbocycles. The number of hydrogen-bond donors (Lipinski definition) is 1. The number of piperazine rings is 1. The molecular weight excluding hydrogens is 442 g/mol. The van der Waals surface area contributed by atoms with Gasteiger partial charge in [-0.1, -0.05) is 0 Å². The number of alkyl halides is 3. The third kappa shape index (κ3) is 4.98. The zero-order chi connectivity index (χ0) is 23.8. The van der Waals surface area contributed by atoms with Crippen LogP contribution >= 0.6 is 0 Å². The maximum absolute atomic E-state index is 13.7. The highest BCUT2D eigenvalue weighted by Crippen LogP contribution is 2.37. The minimum absolute atomic E-state index is 0.0298. The highest BCUT2D eigenvalue weighted by molar-refractivity contribution is 5.92. The molecule has 0 radical (unpaired) electrons. The Labute approximate surface area is 186 Å². The van der Waals surface area contributed by atoms with Crippen LogP contribution in [0.3, 0.4) is 0 Å². The van der Waals surface area contributed by atoms with Gasteiger partial charge in [0.15, 0.2) is 0 Å². The molecule has 0 bridgehead atoms. The molecule has 1 amide bonds. The van der Waals surface area contributed by atoms with Crippen molar-refractivity contribution in [3.63, 3.8) is 0 Å². The molecular formula is C22H21F4N5O2. The molecule has 174 valence electrons. The Bertz CT molecular complexity index is 1250. The maximum atomic E-state index is 13.7. The van der Waals surface area contributed by atoms with Crippen LogP contribution < -0.4 is 15.8 Å². The number of amides is 1. The first-order valence-corrected chi connectivity index (χ1v) is 10.2. The summed E-state index contributed by atoms with van der Waals surface area (Å²) >= 11 is 0. The lowest BCUT2D eigenvalue weighted by Crippen LogP contribution is -2.44. The Morgan fingerprint density at radius 2 is 1.82 bits per heavy atom. The second-order valence-corrected chi connectivity index (χ2v) is 7.91. The van der Waals surface area contributed by atoms with Gasteiger partial charge in [-0.3, -0.25) is 14.2 Å². The van der Waals surface area contributed by atoms with Gasteiger partial charge in [-0.2, -0.15) is 13.2 Å². The summed E-state index contributed by atoms with van der Waals surface area (Å²) in [4.78, 5) is 33.0. The van der Waals surface area contributed by atoms with E-state index in [1.165, 1.54) is 18.2 Å². The molecule has 33 heavy (non-hydrogen) atoms. The first-order valence-electron chi connectivity index (χ1n) is 10.2. The van der Waals surface area contributed by atoms with Crippen molar-refractivity contribution >= 4 is 28.2 Å². The van der Waals surface area contributed by atoms with Crippen molar-refractivity contribution in [1.82, 2.24) is 14.5 Å². The molecule has 4 rings (SSSR count). The van der Waals surface area contributed by atoms with Gasteiger partial charge in [-0.05, 0) is 43.4 Å². The number of carbonyl (C=O) groups excluding carboxylic acids is 1. The number of halogens is 4. The Hall–Kier alpha value is -3.47. The summed E-state index contributed by atoms with van der Waals surface area (Å²) in [6.07, 6.45) is -3.59. The van der Waals surface area contributed by atoms with E-state index in [4.69, 9.17) is 0 Å². The van der Waals surface area contributed by atoms with Crippen molar-refractivity contribution < 1.29 is 22.4 Å². The van der Waals surface area contributed by atoms with Gasteiger partial charge >= 0.3 is 6.18 Å². The molecule has 1 aliphatic heterocycles. The van der Waals surface area contributed by atoms with Gasteiger partial charge in [-0.15, -0.1) is 0 Å². The van der Waals surface area contributed by atoms with E-state index < -0.39 is 41.3 Å². The van der Waals surface area contributed by atoms with Crippen LogP contribution in [-0.2, 0) is 17.5 Å². The first kappa shape index (κ1) is 22.7. The van der Waals surface area contributed by atoms with Crippen LogP contribution in [0.1, 0.15) is 5.56 Å². The zero-order valence-electron chi connectivity index (χ0n) is 17.7. The Balaban J connectivity index is 1.57. The molecule has 1 fully saturated rings. The van der Waals surface area contributed by atoms with Gasteiger partial charge < -0.3 is 15.1 Å². The number of hydrogen-bond acceptors (Lipinski definition) is 5. The predicted octanol–water partition coefficient (Wildman–Crippen LogP) is 2.94. The molecule has 1 aliphatic rings. The summed E-state index contributed by atoms with van der Waals surface area (Å²) < 4.78 is 55.6. The lowest BCUT2D eigenvalue weighted by atomic mass is 10.1. The number of fused-ring (bicyclic) bond motifs is 1. The number of likely N-dealkylation sites (N-methyl/N-ethyl adjacent to an activating group) is 1. The molecule has 7 nitrogen and oxygen atoms in total. The first-order chi connectivity index (χ1) is 15.6. The van der Waals surface area contributed by atoms with Crippen molar-refractivity contribution in [3.8, 4) is 0 Å². The van der Waals surface area contributed by atoms with E-state index >= 15 is 0 Å². The minimum Gasteiger partial charge on any atom is -0.369 e. The maximum Gasteiger partial charge on any atom is 0.418 e. The van der Waals surface area contributed by atoms with Crippen LogP contribution in [0, 0.1) is 5.82 Å². The normalized spacial score (nSPS) is 15.1. The quantitative estimate of drug-likeness (QED) is 0.603. The van der Waals surface area contributed by atoms with Crippen LogP contribution in [0.5, 0.6) is 0 Å². The lowest BCUT2D eigenvalue weighted by Gasteiger charge is -2.34. The molecule has 2 heterocycles. The van der Waals surface area contributed by atoms with Crippen LogP contribution in [0.15, 0.2) is 47.5 Å². The summed E-state index contributed by atoms with van der Waals surface area (Å²) in [5.74, 6) is -1.48. The molecule has 11 heteroatoms. The smallest absolute Gasteiger partial charge is 0.369 e. The van der Waals surface area contributed by atoms with E-state index in [9.17, 15) is 27.2 Å². The number of rotatable bonds is 4. The molecule has 1 N–H and O–H groups in total. The van der Waals surface area contributed by atoms with Gasteiger partial charge in [0.1, 0.15) is 12.4 Å². The van der Waals surface area contributed by atoms with Crippen LogP contribution in [0.2, 0.25) is 0 Å². The summed E-state index contributed by atoms with van der Waals surface area (Å²) in [6.45, 7) is 2.09. The highest BCUT2D eigenvalue weighted by atomic mass is 19.4. The summed E-state index contributed by atoms with van der Waals surface area (Å²) in [5.41, 5.74) is -1.38. The standard InChI is InChI=1S/C22H21F4N5O2/c1-29-6-8-30(9-7-29)15-3-5-19(17(11-15)22(24,25)26)28-20(32)12-31-13-27-18-4-2-14(23)10-16(18)21(31)33/h2-5,10-11,13H,6-9,12H2,1H3,(H,28,32). The fourth-order valence-electron chi connectivity index (χ4n) is 3.73. The molecule has 1 saturated heterocycles. The number of benzene rings is 2. The van der Waals surface area contributed by atoms with Crippen molar-refractivity contribution in [2.75, 3.05) is 43.4 Å². The van der Waals surface area contributed by atoms with Gasteiger partial charge in [0.2, 0.25) is 5.91 Å². The Morgan fingerprint density at radius 3 is 2.52 bits per heavy atom. The molecule has 0 saturated carbocycles. The lowest BCUT2D eigenvalue weighted by molar-refractivity contribution is -0.136. The van der Waals surface area contributed by atoms with Crippen molar-refractivity contribution in [3.05, 3.63) is 64.5 Å². The molecule has 0 aliphatic carbocycles. The van der Waals surface area contributed by atoms with Gasteiger partial charge in [0.05, 0.1) is 28.5 Å². The average Bonchev–Trinajstić information content (AvgIpc) is 2.76. The molecule has 0 atom stereocenters. The van der Waals surface area contributed by atoms with Crippen molar-refractivity contribution in [2.45, 2.75) is 12.7 Å². The number of anilines is 2. The number of nitrogens with one attached hydrogen (secondary N) is 1. The monoisotopic (exact) mass is 463 g/mol. The van der Waals surface area contributed by atoms with Crippen molar-refractivity contribution in [1.29, 1.82) is 0 Å². The van der Waals surface area contributed by atoms with E-state index in [0.29, 0.717) is 18.8 Å². The largest absolute Gasteiger partial charge is 0.418 e. The second kappa shape index (κ2) is 8.81. The number of aromatic nitrogens is 2. The third-order valence-electron chi connectivity index (χ3n) is 5.55. The Kier molecular flexibility index (Phi) is 6.07. The van der Waals surface area contributed by atoms with Gasteiger partial charge in [0, 0.05) is 31.9 Å². The molecule has 0 unspecified atom stereocenters. The van der Waals surface area contributed by atoms with E-state index in [1.54, 1.807) is 0 Å². The second-order valence-electron chi connectivity index (χ2n) is 7.91. The third-order valence-corrected chi connectivity index (χ3v) is 5.55. The van der Waals surface area contributed by atoms with Crippen LogP contribution in [0.4, 0.5) is 28.9 Å². The Morgan fingerprint density at radius 1 is 1.09 bits per heavy atom. The van der Waals surface area contributed by atoms with E-state index in [0.717, 1.165) is 42.2 Å². The summed E-state index contributed by atoms with van der Waals surface area (Å²) in [7, 11) is 1.95. The average molecular weight is 463 g/mol. The zero-order valence-corrected chi connectivity index (χ0v) is 17.7. The van der Waals surface area contributed by atoms with E-state index in [-0.39, 0.29) is 10.9 Å². The minimum atomic E-state index is -4.69. The topological polar surface area (TPSA) is 70.5 Å². The van der Waals surface area contributed by atoms with Gasteiger partial charge in [-0.25, -0.2) is 9.37 Å². The summed E-state index contributed by atoms with van der Waals surface area (Å²) in [5, 5.41) is 2.21. The molecule has 1 aromatic heterocycles. The van der Waals surface area contributed by atoms with Crippen LogP contribution in [0.25, 0.3) is 10.9 Å². The van der Waals surface area contributed by atoms with E-state index in [2.05, 4.69) is 15.2 Å². The van der Waals surface area contributed by atoms with Crippen molar-refractivity contribution in [2.24, 2.45) is 0 Å².